The third kappa shape index (κ3) is 3.93. The summed E-state index contributed by atoms with van der Waals surface area (Å²) in [7, 11) is 0. The highest BCUT2D eigenvalue weighted by Crippen LogP contribution is 2.15. The molecule has 1 heterocycles. The van der Waals surface area contributed by atoms with E-state index in [0.29, 0.717) is 12.1 Å². The molecule has 1 fully saturated rings. The van der Waals surface area contributed by atoms with E-state index < -0.39 is 0 Å². The Labute approximate surface area is 118 Å². The molecule has 110 valence electrons. The van der Waals surface area contributed by atoms with E-state index in [9.17, 15) is 9.18 Å². The molecule has 0 unspecified atom stereocenters. The van der Waals surface area contributed by atoms with Crippen LogP contribution in [-0.2, 0) is 11.3 Å². The molecule has 2 rings (SSSR count). The summed E-state index contributed by atoms with van der Waals surface area (Å²) in [5.41, 5.74) is 1.35. The highest BCUT2D eigenvalue weighted by Gasteiger charge is 2.23. The van der Waals surface area contributed by atoms with Gasteiger partial charge in [0, 0.05) is 13.2 Å². The first kappa shape index (κ1) is 14.8. The van der Waals surface area contributed by atoms with E-state index in [1.165, 1.54) is 6.07 Å². The first-order chi connectivity index (χ1) is 9.56. The summed E-state index contributed by atoms with van der Waals surface area (Å²) in [5, 5.41) is 5.58. The van der Waals surface area contributed by atoms with Crippen LogP contribution in [0, 0.1) is 12.7 Å². The first-order valence-corrected chi connectivity index (χ1v) is 6.97. The van der Waals surface area contributed by atoms with Gasteiger partial charge in [-0.15, -0.1) is 0 Å². The summed E-state index contributed by atoms with van der Waals surface area (Å²) in [6.07, 6.45) is 2.11. The van der Waals surface area contributed by atoms with E-state index in [-0.39, 0.29) is 24.0 Å². The SMILES string of the molecule is Cc1ccc(CNC(=O)N[C@H](C)[C@@H]2CCCO2)cc1F. The molecule has 1 aliphatic rings. The Kier molecular flexibility index (Phi) is 4.95. The van der Waals surface area contributed by atoms with Gasteiger partial charge in [0.05, 0.1) is 12.1 Å². The Morgan fingerprint density at radius 1 is 1.55 bits per heavy atom. The van der Waals surface area contributed by atoms with Crippen molar-refractivity contribution in [3.05, 3.63) is 35.1 Å². The van der Waals surface area contributed by atoms with Gasteiger partial charge in [-0.3, -0.25) is 0 Å². The number of hydrogen-bond acceptors (Lipinski definition) is 2. The van der Waals surface area contributed by atoms with Gasteiger partial charge in [-0.2, -0.15) is 0 Å². The van der Waals surface area contributed by atoms with Crippen LogP contribution < -0.4 is 10.6 Å². The summed E-state index contributed by atoms with van der Waals surface area (Å²) in [6.45, 7) is 4.71. The van der Waals surface area contributed by atoms with Crippen molar-refractivity contribution in [1.82, 2.24) is 10.6 Å². The van der Waals surface area contributed by atoms with Gasteiger partial charge < -0.3 is 15.4 Å². The lowest BCUT2D eigenvalue weighted by atomic mass is 10.1. The van der Waals surface area contributed by atoms with Gasteiger partial charge in [0.2, 0.25) is 0 Å². The Morgan fingerprint density at radius 3 is 3.00 bits per heavy atom. The average Bonchev–Trinajstić information content (AvgIpc) is 2.94. The van der Waals surface area contributed by atoms with Crippen molar-refractivity contribution < 1.29 is 13.9 Å². The predicted octanol–water partition coefficient (Wildman–Crippen LogP) is 2.50. The molecule has 0 spiro atoms. The second-order valence-corrected chi connectivity index (χ2v) is 5.25. The molecule has 4 nitrogen and oxygen atoms in total. The maximum absolute atomic E-state index is 13.4. The standard InChI is InChI=1S/C15H21FN2O2/c1-10-5-6-12(8-13(10)16)9-17-15(19)18-11(2)14-4-3-7-20-14/h5-6,8,11,14H,3-4,7,9H2,1-2H3,(H2,17,18,19)/t11-,14+/m1/s1. The second-order valence-electron chi connectivity index (χ2n) is 5.25. The Hall–Kier alpha value is -1.62. The highest BCUT2D eigenvalue weighted by molar-refractivity contribution is 5.74. The molecule has 2 N–H and O–H groups in total. The lowest BCUT2D eigenvalue weighted by molar-refractivity contribution is 0.0860. The fraction of sp³-hybridized carbons (Fsp3) is 0.533. The van der Waals surface area contributed by atoms with Gasteiger partial charge in [0.25, 0.3) is 0 Å². The van der Waals surface area contributed by atoms with E-state index in [2.05, 4.69) is 10.6 Å². The molecule has 5 heteroatoms. The summed E-state index contributed by atoms with van der Waals surface area (Å²) in [5.74, 6) is -0.252. The normalized spacial score (nSPS) is 19.6. The number of halogens is 1. The van der Waals surface area contributed by atoms with Gasteiger partial charge in [-0.05, 0) is 43.9 Å². The third-order valence-electron chi connectivity index (χ3n) is 3.57. The topological polar surface area (TPSA) is 50.4 Å². The number of nitrogens with one attached hydrogen (secondary N) is 2. The number of ether oxygens (including phenoxy) is 1. The number of aryl methyl sites for hydroxylation is 1. The summed E-state index contributed by atoms with van der Waals surface area (Å²) >= 11 is 0. The Morgan fingerprint density at radius 2 is 2.35 bits per heavy atom. The Balaban J connectivity index is 1.78. The van der Waals surface area contributed by atoms with Crippen LogP contribution in [0.2, 0.25) is 0 Å². The van der Waals surface area contributed by atoms with Crippen molar-refractivity contribution in [2.75, 3.05) is 6.61 Å². The van der Waals surface area contributed by atoms with Crippen molar-refractivity contribution in [3.8, 4) is 0 Å². The van der Waals surface area contributed by atoms with E-state index in [4.69, 9.17) is 4.74 Å². The summed E-state index contributed by atoms with van der Waals surface area (Å²) < 4.78 is 18.9. The molecule has 2 atom stereocenters. The van der Waals surface area contributed by atoms with Crippen LogP contribution in [0.3, 0.4) is 0 Å². The minimum atomic E-state index is -0.256. The van der Waals surface area contributed by atoms with Crippen LogP contribution in [0.25, 0.3) is 0 Å². The van der Waals surface area contributed by atoms with Crippen molar-refractivity contribution in [1.29, 1.82) is 0 Å². The smallest absolute Gasteiger partial charge is 0.315 e. The van der Waals surface area contributed by atoms with Gasteiger partial charge >= 0.3 is 6.03 Å². The van der Waals surface area contributed by atoms with Crippen LogP contribution in [0.1, 0.15) is 30.9 Å². The van der Waals surface area contributed by atoms with Crippen LogP contribution in [0.15, 0.2) is 18.2 Å². The number of rotatable bonds is 4. The van der Waals surface area contributed by atoms with Crippen LogP contribution in [0.4, 0.5) is 9.18 Å². The maximum atomic E-state index is 13.4. The molecule has 0 aliphatic carbocycles. The number of hydrogen-bond donors (Lipinski definition) is 2. The molecule has 2 amide bonds. The molecule has 20 heavy (non-hydrogen) atoms. The van der Waals surface area contributed by atoms with Crippen molar-refractivity contribution in [2.45, 2.75) is 45.4 Å². The number of benzene rings is 1. The molecular formula is C15H21FN2O2. The molecule has 0 bridgehead atoms. The molecule has 0 saturated carbocycles. The molecule has 1 aromatic rings. The van der Waals surface area contributed by atoms with Crippen LogP contribution in [0.5, 0.6) is 0 Å². The molecule has 0 radical (unpaired) electrons. The van der Waals surface area contributed by atoms with Gasteiger partial charge in [0.1, 0.15) is 5.82 Å². The predicted molar refractivity (Wildman–Crippen MR) is 74.9 cm³/mol. The average molecular weight is 280 g/mol. The number of urea groups is 1. The van der Waals surface area contributed by atoms with Gasteiger partial charge in [-0.25, -0.2) is 9.18 Å². The summed E-state index contributed by atoms with van der Waals surface area (Å²) in [6, 6.07) is 4.68. The summed E-state index contributed by atoms with van der Waals surface area (Å²) in [4.78, 5) is 11.8. The highest BCUT2D eigenvalue weighted by atomic mass is 19.1. The van der Waals surface area contributed by atoms with E-state index in [1.807, 2.05) is 13.0 Å². The Bertz CT molecular complexity index is 473. The quantitative estimate of drug-likeness (QED) is 0.890. The second kappa shape index (κ2) is 6.70. The zero-order chi connectivity index (χ0) is 14.5. The van der Waals surface area contributed by atoms with Crippen LogP contribution in [-0.4, -0.2) is 24.8 Å². The van der Waals surface area contributed by atoms with Crippen molar-refractivity contribution in [2.24, 2.45) is 0 Å². The van der Waals surface area contributed by atoms with Crippen LogP contribution >= 0.6 is 0 Å². The zero-order valence-corrected chi connectivity index (χ0v) is 11.9. The van der Waals surface area contributed by atoms with Gasteiger partial charge in [0.15, 0.2) is 0 Å². The van der Waals surface area contributed by atoms with Crippen molar-refractivity contribution >= 4 is 6.03 Å². The minimum absolute atomic E-state index is 0.0211. The fourth-order valence-corrected chi connectivity index (χ4v) is 2.28. The number of carbonyl (C=O) groups is 1. The zero-order valence-electron chi connectivity index (χ0n) is 11.9. The molecule has 0 aromatic heterocycles. The number of carbonyl (C=O) groups excluding carboxylic acids is 1. The lowest BCUT2D eigenvalue weighted by Crippen LogP contribution is -2.45. The largest absolute Gasteiger partial charge is 0.376 e. The van der Waals surface area contributed by atoms with Gasteiger partial charge in [-0.1, -0.05) is 12.1 Å². The first-order valence-electron chi connectivity index (χ1n) is 6.97. The molecule has 1 saturated heterocycles. The fourth-order valence-electron chi connectivity index (χ4n) is 2.28. The monoisotopic (exact) mass is 280 g/mol. The lowest BCUT2D eigenvalue weighted by Gasteiger charge is -2.20. The molecule has 1 aromatic carbocycles. The van der Waals surface area contributed by atoms with E-state index in [0.717, 1.165) is 25.0 Å². The maximum Gasteiger partial charge on any atom is 0.315 e. The van der Waals surface area contributed by atoms with Crippen molar-refractivity contribution in [3.63, 3.8) is 0 Å². The molecule has 1 aliphatic heterocycles. The minimum Gasteiger partial charge on any atom is -0.376 e. The molecular weight excluding hydrogens is 259 g/mol. The van der Waals surface area contributed by atoms with E-state index >= 15 is 0 Å². The van der Waals surface area contributed by atoms with E-state index in [1.54, 1.807) is 13.0 Å². The number of amides is 2. The third-order valence-corrected chi connectivity index (χ3v) is 3.57.